The lowest BCUT2D eigenvalue weighted by Gasteiger charge is -2.32. The van der Waals surface area contributed by atoms with Gasteiger partial charge in [-0.25, -0.2) is 0 Å². The van der Waals surface area contributed by atoms with Gasteiger partial charge in [-0.05, 0) is 113 Å². The van der Waals surface area contributed by atoms with Crippen molar-refractivity contribution in [2.75, 3.05) is 4.90 Å². The Morgan fingerprint density at radius 2 is 0.750 bits per heavy atom. The van der Waals surface area contributed by atoms with E-state index in [0.29, 0.717) is 0 Å². The van der Waals surface area contributed by atoms with Gasteiger partial charge in [0.15, 0.2) is 0 Å². The average molecular weight is 710 g/mol. The van der Waals surface area contributed by atoms with Crippen molar-refractivity contribution < 1.29 is 0 Å². The zero-order chi connectivity index (χ0) is 36.8. The Morgan fingerprint density at radius 3 is 1.41 bits per heavy atom. The molecule has 0 atom stereocenters. The third kappa shape index (κ3) is 4.20. The first kappa shape index (κ1) is 31.2. The molecule has 0 unspecified atom stereocenters. The number of rotatable bonds is 4. The number of anilines is 3. The minimum Gasteiger partial charge on any atom is -0.310 e. The monoisotopic (exact) mass is 709 g/mol. The van der Waals surface area contributed by atoms with Crippen LogP contribution in [-0.2, 0) is 5.41 Å². The van der Waals surface area contributed by atoms with E-state index in [-0.39, 0.29) is 0 Å². The van der Waals surface area contributed by atoms with Crippen LogP contribution in [0.15, 0.2) is 212 Å². The summed E-state index contributed by atoms with van der Waals surface area (Å²) >= 11 is 0. The molecule has 0 radical (unpaired) electrons. The van der Waals surface area contributed by atoms with Crippen LogP contribution in [0.5, 0.6) is 0 Å². The van der Waals surface area contributed by atoms with Gasteiger partial charge in [0.2, 0.25) is 0 Å². The van der Waals surface area contributed by atoms with E-state index in [2.05, 4.69) is 217 Å². The minimum absolute atomic E-state index is 0.425. The third-order valence-corrected chi connectivity index (χ3v) is 12.4. The normalized spacial score (nSPS) is 13.1. The zero-order valence-electron chi connectivity index (χ0n) is 30.7. The molecule has 0 saturated heterocycles. The standard InChI is InChI=1S/C55H35N/c1-2-16-36(17-3-1)37-18-14-19-38(34-37)56(39-32-33-44-42-22-5-4-20-40(42)41-21-6-7-23-43(41)48(44)35-39)53-31-15-30-52-54(53)47-26-10-13-29-51(47)55(52)49-27-11-8-24-45(49)46-25-9-12-28-50(46)55/h1-35H. The Hall–Kier alpha value is -7.22. The summed E-state index contributed by atoms with van der Waals surface area (Å²) in [7, 11) is 0. The van der Waals surface area contributed by atoms with Gasteiger partial charge in [-0.1, -0.05) is 182 Å². The number of hydrogen-bond donors (Lipinski definition) is 0. The summed E-state index contributed by atoms with van der Waals surface area (Å²) in [6, 6.07) is 78.8. The van der Waals surface area contributed by atoms with Gasteiger partial charge in [0, 0.05) is 16.9 Å². The smallest absolute Gasteiger partial charge is 0.0726 e. The van der Waals surface area contributed by atoms with Crippen molar-refractivity contribution in [3.8, 4) is 33.4 Å². The molecule has 1 nitrogen and oxygen atoms in total. The summed E-state index contributed by atoms with van der Waals surface area (Å²) in [6.07, 6.45) is 0. The number of hydrogen-bond acceptors (Lipinski definition) is 1. The quantitative estimate of drug-likeness (QED) is 0.164. The van der Waals surface area contributed by atoms with E-state index < -0.39 is 5.41 Å². The molecule has 56 heavy (non-hydrogen) atoms. The highest BCUT2D eigenvalue weighted by atomic mass is 15.1. The van der Waals surface area contributed by atoms with Crippen LogP contribution >= 0.6 is 0 Å². The van der Waals surface area contributed by atoms with Crippen molar-refractivity contribution in [1.82, 2.24) is 0 Å². The van der Waals surface area contributed by atoms with E-state index in [1.54, 1.807) is 0 Å². The van der Waals surface area contributed by atoms with Crippen molar-refractivity contribution in [1.29, 1.82) is 0 Å². The van der Waals surface area contributed by atoms with Crippen LogP contribution < -0.4 is 4.90 Å². The summed E-state index contributed by atoms with van der Waals surface area (Å²) in [5, 5.41) is 7.63. The Kier molecular flexibility index (Phi) is 6.62. The molecule has 0 bridgehead atoms. The van der Waals surface area contributed by atoms with E-state index in [4.69, 9.17) is 0 Å². The zero-order valence-corrected chi connectivity index (χ0v) is 30.7. The van der Waals surface area contributed by atoms with Crippen molar-refractivity contribution in [3.05, 3.63) is 235 Å². The van der Waals surface area contributed by atoms with Gasteiger partial charge in [0.25, 0.3) is 0 Å². The van der Waals surface area contributed by atoms with E-state index >= 15 is 0 Å². The maximum absolute atomic E-state index is 2.51. The Balaban J connectivity index is 1.18. The predicted molar refractivity (Wildman–Crippen MR) is 235 cm³/mol. The molecular weight excluding hydrogens is 675 g/mol. The van der Waals surface area contributed by atoms with Gasteiger partial charge in [-0.2, -0.15) is 0 Å². The van der Waals surface area contributed by atoms with E-state index in [0.717, 1.165) is 11.4 Å². The first-order valence-corrected chi connectivity index (χ1v) is 19.5. The lowest BCUT2D eigenvalue weighted by molar-refractivity contribution is 0.794. The van der Waals surface area contributed by atoms with Gasteiger partial charge >= 0.3 is 0 Å². The van der Waals surface area contributed by atoms with Gasteiger partial charge < -0.3 is 4.90 Å². The fourth-order valence-corrected chi connectivity index (χ4v) is 10.2. The van der Waals surface area contributed by atoms with Crippen LogP contribution in [-0.4, -0.2) is 0 Å². The molecule has 10 aromatic carbocycles. The van der Waals surface area contributed by atoms with Crippen LogP contribution in [0.2, 0.25) is 0 Å². The van der Waals surface area contributed by atoms with Gasteiger partial charge in [-0.3, -0.25) is 0 Å². The predicted octanol–water partition coefficient (Wildman–Crippen LogP) is 14.6. The van der Waals surface area contributed by atoms with Crippen molar-refractivity contribution >= 4 is 49.4 Å². The van der Waals surface area contributed by atoms with Gasteiger partial charge in [0.1, 0.15) is 0 Å². The third-order valence-electron chi connectivity index (χ3n) is 12.4. The second-order valence-corrected chi connectivity index (χ2v) is 15.2. The van der Waals surface area contributed by atoms with Gasteiger partial charge in [0.05, 0.1) is 11.1 Å². The molecule has 0 N–H and O–H groups in total. The van der Waals surface area contributed by atoms with Crippen LogP contribution in [0.1, 0.15) is 22.3 Å². The molecule has 2 aliphatic carbocycles. The maximum atomic E-state index is 2.51. The highest BCUT2D eigenvalue weighted by Gasteiger charge is 2.52. The van der Waals surface area contributed by atoms with Crippen molar-refractivity contribution in [2.45, 2.75) is 5.41 Å². The summed E-state index contributed by atoms with van der Waals surface area (Å²) in [5.41, 5.74) is 16.0. The molecule has 1 spiro atoms. The number of nitrogens with zero attached hydrogens (tertiary/aromatic N) is 1. The second-order valence-electron chi connectivity index (χ2n) is 15.2. The Morgan fingerprint density at radius 1 is 0.286 bits per heavy atom. The fraction of sp³-hybridized carbons (Fsp3) is 0.0182. The van der Waals surface area contributed by atoms with Gasteiger partial charge in [-0.15, -0.1) is 0 Å². The van der Waals surface area contributed by atoms with Crippen LogP contribution in [0.4, 0.5) is 17.1 Å². The highest BCUT2D eigenvalue weighted by molar-refractivity contribution is 6.26. The lowest BCUT2D eigenvalue weighted by atomic mass is 9.70. The highest BCUT2D eigenvalue weighted by Crippen LogP contribution is 2.64. The molecule has 10 aromatic rings. The minimum atomic E-state index is -0.425. The Bertz CT molecular complexity index is 3130. The van der Waals surface area contributed by atoms with E-state index in [1.807, 2.05) is 0 Å². The van der Waals surface area contributed by atoms with E-state index in [9.17, 15) is 0 Å². The lowest BCUT2D eigenvalue weighted by Crippen LogP contribution is -2.26. The van der Waals surface area contributed by atoms with Crippen molar-refractivity contribution in [3.63, 3.8) is 0 Å². The molecule has 0 aromatic heterocycles. The summed E-state index contributed by atoms with van der Waals surface area (Å²) in [5.74, 6) is 0. The molecule has 260 valence electrons. The average Bonchev–Trinajstić information content (AvgIpc) is 3.75. The van der Waals surface area contributed by atoms with Crippen LogP contribution in [0.3, 0.4) is 0 Å². The van der Waals surface area contributed by atoms with Crippen LogP contribution in [0.25, 0.3) is 65.7 Å². The van der Waals surface area contributed by atoms with Crippen molar-refractivity contribution in [2.24, 2.45) is 0 Å². The van der Waals surface area contributed by atoms with Crippen LogP contribution in [0, 0.1) is 0 Å². The number of benzene rings is 10. The second kappa shape index (κ2) is 11.9. The number of fused-ring (bicyclic) bond motifs is 16. The molecule has 0 aliphatic heterocycles. The fourth-order valence-electron chi connectivity index (χ4n) is 10.2. The largest absolute Gasteiger partial charge is 0.310 e. The SMILES string of the molecule is c1ccc(-c2cccc(N(c3ccc4c5ccccc5c5ccccc5c4c3)c3cccc4c3-c3ccccc3C43c4ccccc4-c4ccccc43)c2)cc1. The first-order valence-electron chi connectivity index (χ1n) is 19.5. The maximum Gasteiger partial charge on any atom is 0.0726 e. The molecule has 1 heteroatoms. The molecule has 2 aliphatic rings. The molecule has 0 heterocycles. The van der Waals surface area contributed by atoms with E-state index in [1.165, 1.54) is 93.6 Å². The molecule has 0 amide bonds. The Labute approximate surface area is 326 Å². The summed E-state index contributed by atoms with van der Waals surface area (Å²) in [6.45, 7) is 0. The molecule has 12 rings (SSSR count). The first-order chi connectivity index (χ1) is 27.8. The summed E-state index contributed by atoms with van der Waals surface area (Å²) < 4.78 is 0. The molecule has 0 fully saturated rings. The summed E-state index contributed by atoms with van der Waals surface area (Å²) in [4.78, 5) is 2.51. The molecule has 0 saturated carbocycles. The molecular formula is C55H35N. The topological polar surface area (TPSA) is 3.24 Å².